The first-order chi connectivity index (χ1) is 18.4. The van der Waals surface area contributed by atoms with Crippen molar-refractivity contribution < 1.29 is 55.7 Å². The quantitative estimate of drug-likeness (QED) is 0.337. The van der Waals surface area contributed by atoms with Gasteiger partial charge in [-0.25, -0.2) is 14.6 Å². The number of carboxylic acid groups (broad SMARTS) is 2. The number of nitrogens with zero attached hydrogens (tertiary/aromatic N) is 2. The number of alkyl halides is 6. The number of anilines is 1. The highest BCUT2D eigenvalue weighted by Crippen LogP contribution is 2.30. The molecule has 1 aromatic rings. The largest absolute Gasteiger partial charge is 0.490 e. The minimum atomic E-state index is -5.08. The van der Waals surface area contributed by atoms with Gasteiger partial charge in [0.25, 0.3) is 5.91 Å². The molecule has 1 amide bonds. The number of halogens is 6. The third-order valence-electron chi connectivity index (χ3n) is 5.57. The highest BCUT2D eigenvalue weighted by atomic mass is 19.4. The Hall–Kier alpha value is -3.14. The number of rotatable bonds is 8. The van der Waals surface area contributed by atoms with Gasteiger partial charge in [0.2, 0.25) is 0 Å². The third-order valence-corrected chi connectivity index (χ3v) is 5.57. The number of carbonyl (C=O) groups is 3. The molecule has 40 heavy (non-hydrogen) atoms. The van der Waals surface area contributed by atoms with Crippen LogP contribution in [0.5, 0.6) is 0 Å². The summed E-state index contributed by atoms with van der Waals surface area (Å²) < 4.78 is 68.7. The molecule has 1 fully saturated rings. The average molecular weight is 589 g/mol. The van der Waals surface area contributed by atoms with E-state index < -0.39 is 24.3 Å². The lowest BCUT2D eigenvalue weighted by atomic mass is 10.0. The number of ether oxygens (including phenoxy) is 1. The summed E-state index contributed by atoms with van der Waals surface area (Å²) >= 11 is 0. The van der Waals surface area contributed by atoms with Crippen LogP contribution in [0.3, 0.4) is 0 Å². The zero-order valence-electron chi connectivity index (χ0n) is 22.3. The Morgan fingerprint density at radius 3 is 2.02 bits per heavy atom. The molecular formula is C24H34F6N4O6. The normalized spacial score (nSPS) is 15.4. The van der Waals surface area contributed by atoms with Crippen molar-refractivity contribution >= 4 is 23.7 Å². The molecular weight excluding hydrogens is 554 g/mol. The van der Waals surface area contributed by atoms with Crippen molar-refractivity contribution in [2.24, 2.45) is 5.92 Å². The minimum Gasteiger partial charge on any atom is -0.475 e. The number of amides is 1. The van der Waals surface area contributed by atoms with Crippen LogP contribution >= 0.6 is 0 Å². The van der Waals surface area contributed by atoms with E-state index in [0.717, 1.165) is 63.1 Å². The Bertz CT molecular complexity index is 975. The maximum Gasteiger partial charge on any atom is 0.490 e. The fraction of sp³-hybridized carbons (Fsp3) is 0.667. The average Bonchev–Trinajstić information content (AvgIpc) is 3.67. The summed E-state index contributed by atoms with van der Waals surface area (Å²) in [6, 6.07) is 2.18. The molecule has 0 aromatic carbocycles. The van der Waals surface area contributed by atoms with E-state index in [1.807, 2.05) is 13.8 Å². The molecule has 0 bridgehead atoms. The fourth-order valence-electron chi connectivity index (χ4n) is 3.33. The van der Waals surface area contributed by atoms with E-state index in [2.05, 4.69) is 21.6 Å². The molecule has 0 radical (unpaired) electrons. The summed E-state index contributed by atoms with van der Waals surface area (Å²) in [4.78, 5) is 37.8. The van der Waals surface area contributed by atoms with Gasteiger partial charge in [0.1, 0.15) is 5.82 Å². The summed E-state index contributed by atoms with van der Waals surface area (Å²) in [6.07, 6.45) is -5.76. The molecule has 1 aromatic heterocycles. The molecule has 0 atom stereocenters. The number of nitrogens with one attached hydrogen (secondary N) is 2. The molecule has 2 heterocycles. The zero-order valence-corrected chi connectivity index (χ0v) is 22.3. The van der Waals surface area contributed by atoms with E-state index in [1.54, 1.807) is 7.11 Å². The first kappa shape index (κ1) is 34.9. The second-order valence-electron chi connectivity index (χ2n) is 9.38. The van der Waals surface area contributed by atoms with Crippen LogP contribution in [0.15, 0.2) is 6.07 Å². The molecule has 1 aliphatic heterocycles. The number of methoxy groups -OCH3 is 1. The molecule has 0 saturated heterocycles. The summed E-state index contributed by atoms with van der Waals surface area (Å²) in [6.45, 7) is 8.55. The molecule has 2 aliphatic rings. The van der Waals surface area contributed by atoms with E-state index in [4.69, 9.17) is 29.5 Å². The van der Waals surface area contributed by atoms with E-state index in [0.29, 0.717) is 5.56 Å². The monoisotopic (exact) mass is 588 g/mol. The van der Waals surface area contributed by atoms with Crippen molar-refractivity contribution in [2.75, 3.05) is 45.2 Å². The first-order valence-corrected chi connectivity index (χ1v) is 12.3. The molecule has 3 rings (SSSR count). The third kappa shape index (κ3) is 13.3. The maximum atomic E-state index is 12.7. The lowest BCUT2D eigenvalue weighted by molar-refractivity contribution is -0.193. The van der Waals surface area contributed by atoms with Gasteiger partial charge in [-0.2, -0.15) is 26.3 Å². The molecule has 0 spiro atoms. The van der Waals surface area contributed by atoms with Gasteiger partial charge in [-0.3, -0.25) is 4.79 Å². The second kappa shape index (κ2) is 15.6. The topological polar surface area (TPSA) is 141 Å². The van der Waals surface area contributed by atoms with Crippen LogP contribution in [-0.4, -0.2) is 96.2 Å². The van der Waals surface area contributed by atoms with E-state index in [1.165, 1.54) is 18.4 Å². The Morgan fingerprint density at radius 2 is 1.57 bits per heavy atom. The molecule has 0 unspecified atom stereocenters. The smallest absolute Gasteiger partial charge is 0.475 e. The van der Waals surface area contributed by atoms with Crippen molar-refractivity contribution in [2.45, 2.75) is 57.9 Å². The molecule has 1 aliphatic carbocycles. The number of carbonyl (C=O) groups excluding carboxylic acids is 1. The highest BCUT2D eigenvalue weighted by molar-refractivity contribution is 5.99. The summed E-state index contributed by atoms with van der Waals surface area (Å²) in [5, 5.41) is 20.7. The van der Waals surface area contributed by atoms with Crippen LogP contribution in [0, 0.1) is 5.92 Å². The number of fused-ring (bicyclic) bond motifs is 1. The van der Waals surface area contributed by atoms with Crippen LogP contribution in [0.4, 0.5) is 32.2 Å². The Kier molecular flexibility index (Phi) is 13.6. The molecule has 228 valence electrons. The Balaban J connectivity index is 0.000000473. The van der Waals surface area contributed by atoms with Crippen LogP contribution < -0.4 is 10.6 Å². The van der Waals surface area contributed by atoms with Crippen LogP contribution in [-0.2, 0) is 27.2 Å². The Morgan fingerprint density at radius 1 is 1.05 bits per heavy atom. The molecule has 16 heteroatoms. The number of pyridine rings is 1. The van der Waals surface area contributed by atoms with E-state index >= 15 is 0 Å². The van der Waals surface area contributed by atoms with Gasteiger partial charge in [-0.15, -0.1) is 0 Å². The van der Waals surface area contributed by atoms with Gasteiger partial charge in [0, 0.05) is 51.4 Å². The van der Waals surface area contributed by atoms with Crippen LogP contribution in [0.25, 0.3) is 0 Å². The SMILES string of the molecule is COCCN1CCc2cc(C(=O)NC(C)C)c(NCC3CC3)nc2CC1.O=C(O)C(F)(F)F.O=C(O)C(F)(F)F. The van der Waals surface area contributed by atoms with Gasteiger partial charge in [-0.05, 0) is 50.7 Å². The van der Waals surface area contributed by atoms with Gasteiger partial charge in [0.15, 0.2) is 0 Å². The number of aliphatic carboxylic acids is 2. The van der Waals surface area contributed by atoms with E-state index in [9.17, 15) is 31.1 Å². The highest BCUT2D eigenvalue weighted by Gasteiger charge is 2.38. The second-order valence-corrected chi connectivity index (χ2v) is 9.38. The van der Waals surface area contributed by atoms with Crippen LogP contribution in [0.2, 0.25) is 0 Å². The van der Waals surface area contributed by atoms with Crippen molar-refractivity contribution in [1.82, 2.24) is 15.2 Å². The Labute approximate surface area is 227 Å². The van der Waals surface area contributed by atoms with Crippen molar-refractivity contribution in [1.29, 1.82) is 0 Å². The number of hydrogen-bond donors (Lipinski definition) is 4. The van der Waals surface area contributed by atoms with Gasteiger partial charge in [0.05, 0.1) is 12.2 Å². The maximum absolute atomic E-state index is 12.7. The summed E-state index contributed by atoms with van der Waals surface area (Å²) in [5.74, 6) is -4.06. The number of carboxylic acids is 2. The lowest BCUT2D eigenvalue weighted by Gasteiger charge is -2.18. The van der Waals surface area contributed by atoms with Gasteiger partial charge < -0.3 is 30.5 Å². The van der Waals surface area contributed by atoms with Crippen LogP contribution in [0.1, 0.15) is 48.3 Å². The minimum absolute atomic E-state index is 0.0333. The molecule has 10 nitrogen and oxygen atoms in total. The summed E-state index contributed by atoms with van der Waals surface area (Å²) in [7, 11) is 1.74. The summed E-state index contributed by atoms with van der Waals surface area (Å²) in [5.41, 5.74) is 3.02. The zero-order chi connectivity index (χ0) is 30.7. The van der Waals surface area contributed by atoms with Gasteiger partial charge >= 0.3 is 24.3 Å². The standard InChI is InChI=1S/C20H32N4O2.2C2HF3O2/c1-14(2)22-20(25)17-12-16-6-8-24(10-11-26-3)9-7-18(16)23-19(17)21-13-15-4-5-15;2*3-2(4,5)1(6)7/h12,14-15H,4-11,13H2,1-3H3,(H,21,23)(H,22,25);2*(H,6,7). The van der Waals surface area contributed by atoms with Crippen molar-refractivity contribution in [3.63, 3.8) is 0 Å². The number of aromatic nitrogens is 1. The lowest BCUT2D eigenvalue weighted by Crippen LogP contribution is -2.31. The number of hydrogen-bond acceptors (Lipinski definition) is 7. The predicted octanol–water partition coefficient (Wildman–Crippen LogP) is 3.36. The van der Waals surface area contributed by atoms with Crippen molar-refractivity contribution in [3.8, 4) is 0 Å². The predicted molar refractivity (Wildman–Crippen MR) is 131 cm³/mol. The first-order valence-electron chi connectivity index (χ1n) is 12.3. The van der Waals surface area contributed by atoms with Gasteiger partial charge in [-0.1, -0.05) is 0 Å². The molecule has 1 saturated carbocycles. The van der Waals surface area contributed by atoms with E-state index in [-0.39, 0.29) is 11.9 Å². The molecule has 4 N–H and O–H groups in total. The van der Waals surface area contributed by atoms with Crippen molar-refractivity contribution in [3.05, 3.63) is 22.9 Å². The fourth-order valence-corrected chi connectivity index (χ4v) is 3.33.